The van der Waals surface area contributed by atoms with Crippen molar-refractivity contribution in [2.24, 2.45) is 29.6 Å². The zero-order valence-electron chi connectivity index (χ0n) is 19.3. The number of methoxy groups -OCH3 is 2. The van der Waals surface area contributed by atoms with Gasteiger partial charge in [0.1, 0.15) is 22.1 Å². The van der Waals surface area contributed by atoms with Gasteiger partial charge in [0.2, 0.25) is 17.2 Å². The summed E-state index contributed by atoms with van der Waals surface area (Å²) in [6.45, 7) is 1.91. The molecule has 2 atom stereocenters. The monoisotopic (exact) mass is 471 g/mol. The molecule has 7 rings (SSSR count). The summed E-state index contributed by atoms with van der Waals surface area (Å²) < 4.78 is 16.9. The number of carbonyl (C=O) groups is 2. The van der Waals surface area contributed by atoms with Crippen molar-refractivity contribution in [2.75, 3.05) is 14.2 Å². The van der Waals surface area contributed by atoms with Crippen LogP contribution < -0.4 is 19.5 Å². The summed E-state index contributed by atoms with van der Waals surface area (Å²) in [5.41, 5.74) is -0.464. The molecule has 0 saturated heterocycles. The Bertz CT molecular complexity index is 1050. The van der Waals surface area contributed by atoms with Crippen molar-refractivity contribution in [3.63, 3.8) is 0 Å². The third kappa shape index (κ3) is 2.92. The molecule has 1 spiro atoms. The fourth-order valence-corrected chi connectivity index (χ4v) is 7.87. The molecule has 5 aliphatic carbocycles. The summed E-state index contributed by atoms with van der Waals surface area (Å²) >= 11 is 6.48. The Morgan fingerprint density at radius 2 is 1.67 bits per heavy atom. The van der Waals surface area contributed by atoms with E-state index in [2.05, 4.69) is 5.32 Å². The number of ketones is 2. The zero-order valence-corrected chi connectivity index (χ0v) is 20.0. The van der Waals surface area contributed by atoms with Crippen LogP contribution in [0.4, 0.5) is 0 Å². The van der Waals surface area contributed by atoms with E-state index in [1.54, 1.807) is 12.1 Å². The smallest absolute Gasteiger partial charge is 0.236 e. The van der Waals surface area contributed by atoms with E-state index in [-0.39, 0.29) is 33.8 Å². The van der Waals surface area contributed by atoms with Crippen LogP contribution in [0.15, 0.2) is 17.8 Å². The SMILES string of the molecule is COc1cc(OC)c2c(c1Cl)OC1(C(=O)C=C(NC3C4CC5CC(C4)CC3C5)CC1C)C2=O. The number of hydrogen-bond acceptors (Lipinski definition) is 6. The van der Waals surface area contributed by atoms with Gasteiger partial charge in [0.05, 0.1) is 14.2 Å². The minimum Gasteiger partial charge on any atom is -0.496 e. The first-order valence-electron chi connectivity index (χ1n) is 12.1. The van der Waals surface area contributed by atoms with Crippen LogP contribution in [-0.4, -0.2) is 37.4 Å². The molecule has 1 N–H and O–H groups in total. The average molecular weight is 472 g/mol. The third-order valence-corrected chi connectivity index (χ3v) is 9.25. The molecule has 4 saturated carbocycles. The highest BCUT2D eigenvalue weighted by Crippen LogP contribution is 2.55. The molecule has 4 fully saturated rings. The fourth-order valence-electron chi connectivity index (χ4n) is 7.60. The van der Waals surface area contributed by atoms with Gasteiger partial charge in [-0.15, -0.1) is 0 Å². The van der Waals surface area contributed by atoms with Gasteiger partial charge in [-0.2, -0.15) is 0 Å². The average Bonchev–Trinajstić information content (AvgIpc) is 3.10. The molecule has 7 heteroatoms. The van der Waals surface area contributed by atoms with E-state index in [1.165, 1.54) is 46.3 Å². The standard InChI is InChI=1S/C26H30ClNO5/c1-12-4-17(28-23-15-6-13-5-14(8-15)9-16(23)7-13)10-20(29)26(12)25(30)21-18(31-2)11-19(32-3)22(27)24(21)33-26/h10-16,23,28H,4-9H2,1-3H3. The second-order valence-corrected chi connectivity index (χ2v) is 11.1. The molecule has 0 aromatic heterocycles. The predicted octanol–water partition coefficient (Wildman–Crippen LogP) is 4.58. The fraction of sp³-hybridized carbons (Fsp3) is 0.615. The maximum atomic E-state index is 13.6. The maximum Gasteiger partial charge on any atom is 0.236 e. The predicted molar refractivity (Wildman–Crippen MR) is 123 cm³/mol. The van der Waals surface area contributed by atoms with Crippen molar-refractivity contribution in [1.29, 1.82) is 0 Å². The van der Waals surface area contributed by atoms with E-state index in [4.69, 9.17) is 25.8 Å². The first-order valence-corrected chi connectivity index (χ1v) is 12.4. The van der Waals surface area contributed by atoms with Gasteiger partial charge in [-0.05, 0) is 62.2 Å². The minimum absolute atomic E-state index is 0.170. The van der Waals surface area contributed by atoms with Crippen LogP contribution in [0, 0.1) is 29.6 Å². The summed E-state index contributed by atoms with van der Waals surface area (Å²) in [7, 11) is 2.96. The Balaban J connectivity index is 1.30. The summed E-state index contributed by atoms with van der Waals surface area (Å²) in [4.78, 5) is 27.2. The highest BCUT2D eigenvalue weighted by Gasteiger charge is 2.60. The van der Waals surface area contributed by atoms with Crippen molar-refractivity contribution >= 4 is 23.2 Å². The molecule has 0 radical (unpaired) electrons. The number of benzene rings is 1. The molecular weight excluding hydrogens is 442 g/mol. The molecule has 33 heavy (non-hydrogen) atoms. The molecule has 1 aliphatic heterocycles. The number of ether oxygens (including phenoxy) is 3. The molecule has 2 unspecified atom stereocenters. The second kappa shape index (κ2) is 7.39. The lowest BCUT2D eigenvalue weighted by Gasteiger charge is -2.55. The molecule has 4 bridgehead atoms. The molecule has 6 aliphatic rings. The Hall–Kier alpha value is -2.21. The van der Waals surface area contributed by atoms with Gasteiger partial charge in [0, 0.05) is 29.8 Å². The number of rotatable bonds is 4. The van der Waals surface area contributed by atoms with Crippen LogP contribution in [0.25, 0.3) is 0 Å². The van der Waals surface area contributed by atoms with Gasteiger partial charge < -0.3 is 19.5 Å². The number of hydrogen-bond donors (Lipinski definition) is 1. The lowest BCUT2D eigenvalue weighted by Crippen LogP contribution is -2.58. The molecule has 6 nitrogen and oxygen atoms in total. The van der Waals surface area contributed by atoms with Gasteiger partial charge in [0.25, 0.3) is 0 Å². The Labute approximate surface area is 199 Å². The van der Waals surface area contributed by atoms with Crippen molar-refractivity contribution < 1.29 is 23.8 Å². The largest absolute Gasteiger partial charge is 0.496 e. The van der Waals surface area contributed by atoms with Crippen LogP contribution in [-0.2, 0) is 4.79 Å². The molecule has 0 amide bonds. The van der Waals surface area contributed by atoms with Crippen molar-refractivity contribution in [2.45, 2.75) is 57.1 Å². The Morgan fingerprint density at radius 1 is 1.03 bits per heavy atom. The molecule has 176 valence electrons. The summed E-state index contributed by atoms with van der Waals surface area (Å²) in [6.07, 6.45) is 8.82. The van der Waals surface area contributed by atoms with E-state index < -0.39 is 5.60 Å². The van der Waals surface area contributed by atoms with Gasteiger partial charge >= 0.3 is 0 Å². The van der Waals surface area contributed by atoms with E-state index in [9.17, 15) is 9.59 Å². The van der Waals surface area contributed by atoms with E-state index in [1.807, 2.05) is 6.92 Å². The first-order chi connectivity index (χ1) is 15.8. The molecular formula is C26H30ClNO5. The Kier molecular flexibility index (Phi) is 4.78. The van der Waals surface area contributed by atoms with Crippen LogP contribution in [0.5, 0.6) is 17.2 Å². The summed E-state index contributed by atoms with van der Waals surface area (Å²) in [5, 5.41) is 3.94. The highest BCUT2D eigenvalue weighted by molar-refractivity contribution is 6.36. The van der Waals surface area contributed by atoms with Crippen LogP contribution >= 0.6 is 11.6 Å². The molecule has 1 heterocycles. The van der Waals surface area contributed by atoms with Crippen LogP contribution in [0.3, 0.4) is 0 Å². The number of carbonyl (C=O) groups excluding carboxylic acids is 2. The van der Waals surface area contributed by atoms with Gasteiger partial charge in [-0.25, -0.2) is 0 Å². The number of Topliss-reactive ketones (excluding diaryl/α,β-unsaturated/α-hetero) is 1. The van der Waals surface area contributed by atoms with E-state index in [0.717, 1.165) is 17.5 Å². The first kappa shape index (κ1) is 21.3. The maximum absolute atomic E-state index is 13.6. The minimum atomic E-state index is -1.61. The normalized spacial score (nSPS) is 38.2. The topological polar surface area (TPSA) is 73.9 Å². The quantitative estimate of drug-likeness (QED) is 0.648. The molecule has 1 aromatic rings. The number of allylic oxidation sites excluding steroid dienone is 1. The number of fused-ring (bicyclic) bond motifs is 1. The highest BCUT2D eigenvalue weighted by atomic mass is 35.5. The summed E-state index contributed by atoms with van der Waals surface area (Å²) in [6, 6.07) is 2.00. The zero-order chi connectivity index (χ0) is 23.1. The lowest BCUT2D eigenvalue weighted by molar-refractivity contribution is -0.129. The third-order valence-electron chi connectivity index (χ3n) is 8.89. The number of nitrogens with one attached hydrogen (secondary N) is 1. The van der Waals surface area contributed by atoms with Crippen molar-refractivity contribution in [3.05, 3.63) is 28.4 Å². The van der Waals surface area contributed by atoms with E-state index >= 15 is 0 Å². The van der Waals surface area contributed by atoms with E-state index in [0.29, 0.717) is 35.8 Å². The van der Waals surface area contributed by atoms with Crippen LogP contribution in [0.2, 0.25) is 5.02 Å². The number of halogens is 1. The second-order valence-electron chi connectivity index (χ2n) is 10.7. The van der Waals surface area contributed by atoms with Crippen molar-refractivity contribution in [1.82, 2.24) is 5.32 Å². The summed E-state index contributed by atoms with van der Waals surface area (Å²) in [5.74, 6) is 2.95. The van der Waals surface area contributed by atoms with Crippen molar-refractivity contribution in [3.8, 4) is 17.2 Å². The van der Waals surface area contributed by atoms with Gasteiger partial charge in [-0.3, -0.25) is 9.59 Å². The van der Waals surface area contributed by atoms with Gasteiger partial charge in [-0.1, -0.05) is 18.5 Å². The lowest BCUT2D eigenvalue weighted by atomic mass is 9.54. The van der Waals surface area contributed by atoms with Gasteiger partial charge in [0.15, 0.2) is 5.75 Å². The molecule has 1 aromatic carbocycles. The van der Waals surface area contributed by atoms with Crippen LogP contribution in [0.1, 0.15) is 55.8 Å². The Morgan fingerprint density at radius 3 is 2.24 bits per heavy atom.